The van der Waals surface area contributed by atoms with Crippen LogP contribution < -0.4 is 14.9 Å². The van der Waals surface area contributed by atoms with Crippen molar-refractivity contribution >= 4 is 33.1 Å². The number of hydrogen-bond acceptors (Lipinski definition) is 5. The van der Waals surface area contributed by atoms with Crippen LogP contribution in [0.4, 0.5) is 11.4 Å². The molecular formula is C24H32N4O3S. The molecule has 7 nitrogen and oxygen atoms in total. The molecule has 0 fully saturated rings. The van der Waals surface area contributed by atoms with Gasteiger partial charge < -0.3 is 10.2 Å². The van der Waals surface area contributed by atoms with Crippen LogP contribution in [0.1, 0.15) is 43.7 Å². The summed E-state index contributed by atoms with van der Waals surface area (Å²) in [6.45, 7) is 7.56. The van der Waals surface area contributed by atoms with Gasteiger partial charge in [0.2, 0.25) is 5.91 Å². The molecule has 2 aromatic carbocycles. The van der Waals surface area contributed by atoms with Crippen LogP contribution >= 0.6 is 0 Å². The van der Waals surface area contributed by atoms with Crippen LogP contribution in [-0.2, 0) is 14.8 Å². The average molecular weight is 457 g/mol. The molecule has 0 spiro atoms. The molecule has 0 bridgehead atoms. The van der Waals surface area contributed by atoms with Crippen molar-refractivity contribution in [2.45, 2.75) is 51.3 Å². The molecule has 0 saturated carbocycles. The van der Waals surface area contributed by atoms with E-state index in [1.165, 1.54) is 12.1 Å². The number of amides is 1. The molecule has 172 valence electrons. The molecule has 3 rings (SSSR count). The molecule has 1 heterocycles. The molecule has 8 heteroatoms. The van der Waals surface area contributed by atoms with Gasteiger partial charge in [-0.05, 0) is 75.1 Å². The van der Waals surface area contributed by atoms with Crippen molar-refractivity contribution in [3.8, 4) is 0 Å². The number of amidine groups is 1. The molecule has 32 heavy (non-hydrogen) atoms. The molecule has 2 N–H and O–H groups in total. The van der Waals surface area contributed by atoms with Gasteiger partial charge in [0.05, 0.1) is 11.4 Å². The summed E-state index contributed by atoms with van der Waals surface area (Å²) >= 11 is 0. The minimum absolute atomic E-state index is 0.101. The quantitative estimate of drug-likeness (QED) is 0.658. The molecule has 0 saturated heterocycles. The van der Waals surface area contributed by atoms with Crippen LogP contribution in [0.5, 0.6) is 0 Å². The molecule has 1 aliphatic heterocycles. The van der Waals surface area contributed by atoms with Gasteiger partial charge in [-0.15, -0.1) is 0 Å². The summed E-state index contributed by atoms with van der Waals surface area (Å²) in [4.78, 5) is 19.1. The first kappa shape index (κ1) is 23.8. The number of rotatable bonds is 7. The first-order valence-corrected chi connectivity index (χ1v) is 12.5. The number of nitrogens with zero attached hydrogens (tertiary/aromatic N) is 2. The van der Waals surface area contributed by atoms with E-state index in [2.05, 4.69) is 33.2 Å². The first-order chi connectivity index (χ1) is 15.3. The number of sulfonamides is 1. The van der Waals surface area contributed by atoms with E-state index in [1.807, 2.05) is 25.7 Å². The zero-order chi connectivity index (χ0) is 23.1. The molecule has 0 unspecified atom stereocenters. The maximum atomic E-state index is 12.8. The van der Waals surface area contributed by atoms with Crippen molar-refractivity contribution in [3.63, 3.8) is 0 Å². The standard InChI is InChI=1S/C24H32N4O3S/c1-4-28(21-14-18(2)13-19(3)15-21)17-24(29)26-20-9-8-10-22(16-20)32(30,31)27-23-11-6-5-7-12-25-23/h8-10,13-16H,4-7,11-12,17H2,1-3H3,(H,25,27)(H,26,29). The molecule has 0 atom stereocenters. The fraction of sp³-hybridized carbons (Fsp3) is 0.417. The third kappa shape index (κ3) is 6.56. The van der Waals surface area contributed by atoms with Gasteiger partial charge in [-0.25, -0.2) is 8.42 Å². The number of anilines is 2. The lowest BCUT2D eigenvalue weighted by molar-refractivity contribution is -0.115. The van der Waals surface area contributed by atoms with Crippen molar-refractivity contribution in [1.29, 1.82) is 0 Å². The summed E-state index contributed by atoms with van der Waals surface area (Å²) in [7, 11) is -3.76. The Morgan fingerprint density at radius 3 is 2.53 bits per heavy atom. The average Bonchev–Trinajstić information content (AvgIpc) is 2.99. The molecule has 0 aliphatic carbocycles. The molecule has 0 aromatic heterocycles. The Morgan fingerprint density at radius 1 is 1.06 bits per heavy atom. The van der Waals surface area contributed by atoms with Gasteiger partial charge in [-0.2, -0.15) is 0 Å². The largest absolute Gasteiger partial charge is 0.362 e. The monoisotopic (exact) mass is 456 g/mol. The number of nitrogens with one attached hydrogen (secondary N) is 2. The first-order valence-electron chi connectivity index (χ1n) is 11.1. The molecule has 1 aliphatic rings. The summed E-state index contributed by atoms with van der Waals surface area (Å²) in [5.74, 6) is 0.297. The van der Waals surface area contributed by atoms with E-state index in [-0.39, 0.29) is 17.3 Å². The van der Waals surface area contributed by atoms with Crippen molar-refractivity contribution in [2.75, 3.05) is 29.9 Å². The second-order valence-corrected chi connectivity index (χ2v) is 9.86. The minimum atomic E-state index is -3.76. The van der Waals surface area contributed by atoms with E-state index in [4.69, 9.17) is 0 Å². The third-order valence-electron chi connectivity index (χ3n) is 5.34. The van der Waals surface area contributed by atoms with E-state index >= 15 is 0 Å². The zero-order valence-electron chi connectivity index (χ0n) is 19.0. The fourth-order valence-electron chi connectivity index (χ4n) is 3.81. The lowest BCUT2D eigenvalue weighted by Gasteiger charge is -2.23. The normalized spacial score (nSPS) is 14.3. The van der Waals surface area contributed by atoms with E-state index in [1.54, 1.807) is 12.1 Å². The highest BCUT2D eigenvalue weighted by molar-refractivity contribution is 7.90. The van der Waals surface area contributed by atoms with Crippen LogP contribution in [0.2, 0.25) is 0 Å². The SMILES string of the molecule is CCN(CC(=O)Nc1cccc(S(=O)(=O)NC2=NCCCCC2)c1)c1cc(C)cc(C)c1. The highest BCUT2D eigenvalue weighted by atomic mass is 32.2. The number of likely N-dealkylation sites (N-methyl/N-ethyl adjacent to an activating group) is 1. The number of carbonyl (C=O) groups excluding carboxylic acids is 1. The molecule has 1 amide bonds. The van der Waals surface area contributed by atoms with Gasteiger partial charge in [0.25, 0.3) is 10.0 Å². The van der Waals surface area contributed by atoms with Crippen LogP contribution in [0.15, 0.2) is 52.4 Å². The summed E-state index contributed by atoms with van der Waals surface area (Å²) < 4.78 is 28.2. The Kier molecular flexibility index (Phi) is 7.90. The Labute approximate surface area is 191 Å². The summed E-state index contributed by atoms with van der Waals surface area (Å²) in [5, 5.41) is 2.83. The van der Waals surface area contributed by atoms with Gasteiger partial charge in [0.1, 0.15) is 5.84 Å². The predicted octanol–water partition coefficient (Wildman–Crippen LogP) is 4.02. The van der Waals surface area contributed by atoms with Gasteiger partial charge in [0.15, 0.2) is 0 Å². The maximum absolute atomic E-state index is 12.8. The summed E-state index contributed by atoms with van der Waals surface area (Å²) in [6, 6.07) is 12.5. The zero-order valence-corrected chi connectivity index (χ0v) is 19.8. The van der Waals surface area contributed by atoms with Crippen LogP contribution in [0, 0.1) is 13.8 Å². The highest BCUT2D eigenvalue weighted by Crippen LogP contribution is 2.20. The number of hydrogen-bond donors (Lipinski definition) is 2. The van der Waals surface area contributed by atoms with E-state index in [0.717, 1.165) is 36.1 Å². The van der Waals surface area contributed by atoms with E-state index < -0.39 is 10.0 Å². The van der Waals surface area contributed by atoms with E-state index in [9.17, 15) is 13.2 Å². The summed E-state index contributed by atoms with van der Waals surface area (Å²) in [6.07, 6.45) is 3.57. The van der Waals surface area contributed by atoms with Crippen LogP contribution in [0.3, 0.4) is 0 Å². The Hall–Kier alpha value is -2.87. The second kappa shape index (κ2) is 10.6. The Balaban J connectivity index is 1.69. The Bertz CT molecular complexity index is 1080. The predicted molar refractivity (Wildman–Crippen MR) is 130 cm³/mol. The van der Waals surface area contributed by atoms with Gasteiger partial charge >= 0.3 is 0 Å². The molecule has 0 radical (unpaired) electrons. The number of aryl methyl sites for hydroxylation is 2. The second-order valence-electron chi connectivity index (χ2n) is 8.18. The highest BCUT2D eigenvalue weighted by Gasteiger charge is 2.18. The van der Waals surface area contributed by atoms with E-state index in [0.29, 0.717) is 31.0 Å². The maximum Gasteiger partial charge on any atom is 0.262 e. The fourth-order valence-corrected chi connectivity index (χ4v) is 4.94. The summed E-state index contributed by atoms with van der Waals surface area (Å²) in [5.41, 5.74) is 3.71. The third-order valence-corrected chi connectivity index (χ3v) is 6.72. The number of aliphatic imine (C=N–C) groups is 1. The van der Waals surface area contributed by atoms with Crippen LogP contribution in [-0.4, -0.2) is 39.8 Å². The number of benzene rings is 2. The van der Waals surface area contributed by atoms with Crippen molar-refractivity contribution < 1.29 is 13.2 Å². The molecular weight excluding hydrogens is 424 g/mol. The van der Waals surface area contributed by atoms with Crippen molar-refractivity contribution in [2.24, 2.45) is 4.99 Å². The smallest absolute Gasteiger partial charge is 0.262 e. The van der Waals surface area contributed by atoms with Gasteiger partial charge in [-0.1, -0.05) is 18.6 Å². The van der Waals surface area contributed by atoms with Crippen LogP contribution in [0.25, 0.3) is 0 Å². The van der Waals surface area contributed by atoms with Crippen molar-refractivity contribution in [3.05, 3.63) is 53.6 Å². The Morgan fingerprint density at radius 2 is 1.81 bits per heavy atom. The number of carbonyl (C=O) groups is 1. The molecule has 2 aromatic rings. The topological polar surface area (TPSA) is 90.9 Å². The lowest BCUT2D eigenvalue weighted by Crippen LogP contribution is -2.33. The lowest BCUT2D eigenvalue weighted by atomic mass is 10.1. The van der Waals surface area contributed by atoms with Crippen molar-refractivity contribution in [1.82, 2.24) is 4.72 Å². The van der Waals surface area contributed by atoms with Gasteiger partial charge in [-0.3, -0.25) is 14.5 Å². The minimum Gasteiger partial charge on any atom is -0.362 e. The van der Waals surface area contributed by atoms with Gasteiger partial charge in [0, 0.05) is 30.9 Å².